The van der Waals surface area contributed by atoms with Crippen molar-refractivity contribution < 1.29 is 24.5 Å². The van der Waals surface area contributed by atoms with Crippen LogP contribution in [0.2, 0.25) is 0 Å². The first kappa shape index (κ1) is 57.6. The van der Waals surface area contributed by atoms with E-state index in [9.17, 15) is 19.8 Å². The van der Waals surface area contributed by atoms with Gasteiger partial charge in [-0.05, 0) is 70.6 Å². The molecule has 0 aliphatic carbocycles. The number of nitrogens with one attached hydrogen (secondary N) is 1. The Kier molecular flexibility index (Phi) is 45.7. The molecule has 0 aliphatic rings. The Labute approximate surface area is 371 Å². The van der Waals surface area contributed by atoms with Crippen LogP contribution in [-0.2, 0) is 14.3 Å². The van der Waals surface area contributed by atoms with E-state index in [1.807, 2.05) is 24.3 Å². The van der Waals surface area contributed by atoms with E-state index in [1.165, 1.54) is 116 Å². The molecule has 3 unspecified atom stereocenters. The minimum absolute atomic E-state index is 0.0502. The highest BCUT2D eigenvalue weighted by Gasteiger charge is 2.24. The molecule has 0 aromatic rings. The number of unbranched alkanes of at least 4 members (excludes halogenated alkanes) is 26. The molecule has 60 heavy (non-hydrogen) atoms. The number of ether oxygens (including phenoxy) is 1. The topological polar surface area (TPSA) is 95.9 Å². The molecule has 0 aliphatic heterocycles. The van der Waals surface area contributed by atoms with E-state index < -0.39 is 18.2 Å². The summed E-state index contributed by atoms with van der Waals surface area (Å²) in [6.45, 7) is 6.33. The Balaban J connectivity index is 4.65. The lowest BCUT2D eigenvalue weighted by atomic mass is 10.0. The van der Waals surface area contributed by atoms with Gasteiger partial charge in [-0.25, -0.2) is 0 Å². The quantitative estimate of drug-likeness (QED) is 0.0246. The summed E-state index contributed by atoms with van der Waals surface area (Å²) in [5, 5.41) is 23.8. The Hall–Kier alpha value is -2.44. The predicted molar refractivity (Wildman–Crippen MR) is 259 cm³/mol. The lowest BCUT2D eigenvalue weighted by Crippen LogP contribution is -2.46. The van der Waals surface area contributed by atoms with Crippen LogP contribution in [-0.4, -0.2) is 46.9 Å². The Morgan fingerprint density at radius 1 is 0.500 bits per heavy atom. The molecule has 0 radical (unpaired) electrons. The SMILES string of the molecule is CC/C=C/C=C/C=C\C=C/CCCCCC(=O)OC(CCCCC/C=C/CCCCCCCCC)CC(=O)NC(CO)C(O)CCCCCCCCCCCCCCCC. The number of amides is 1. The van der Waals surface area contributed by atoms with Gasteiger partial charge < -0.3 is 20.3 Å². The summed E-state index contributed by atoms with van der Waals surface area (Å²) in [7, 11) is 0. The van der Waals surface area contributed by atoms with Gasteiger partial charge in [0.25, 0.3) is 0 Å². The number of carbonyl (C=O) groups is 2. The van der Waals surface area contributed by atoms with Crippen LogP contribution in [0.5, 0.6) is 0 Å². The highest BCUT2D eigenvalue weighted by Crippen LogP contribution is 2.17. The molecule has 0 heterocycles. The van der Waals surface area contributed by atoms with E-state index >= 15 is 0 Å². The van der Waals surface area contributed by atoms with Gasteiger partial charge in [-0.15, -0.1) is 0 Å². The van der Waals surface area contributed by atoms with Gasteiger partial charge in [0.15, 0.2) is 0 Å². The van der Waals surface area contributed by atoms with Crippen molar-refractivity contribution in [3.8, 4) is 0 Å². The van der Waals surface area contributed by atoms with E-state index in [-0.39, 0.29) is 24.9 Å². The van der Waals surface area contributed by atoms with Gasteiger partial charge in [-0.3, -0.25) is 9.59 Å². The number of rotatable bonds is 45. The molecule has 1 amide bonds. The number of carbonyl (C=O) groups excluding carboxylic acids is 2. The minimum atomic E-state index is -0.799. The van der Waals surface area contributed by atoms with E-state index in [2.05, 4.69) is 62.5 Å². The average Bonchev–Trinajstić information content (AvgIpc) is 3.24. The zero-order valence-electron chi connectivity index (χ0n) is 39.6. The predicted octanol–water partition coefficient (Wildman–Crippen LogP) is 15.2. The fourth-order valence-corrected chi connectivity index (χ4v) is 7.55. The lowest BCUT2D eigenvalue weighted by molar-refractivity contribution is -0.151. The van der Waals surface area contributed by atoms with Crippen molar-refractivity contribution in [3.63, 3.8) is 0 Å². The standard InChI is InChI=1S/C54H97NO5/c1-4-7-10-13-16-19-22-25-28-30-33-36-39-42-45-50(60-54(59)47-44-41-38-35-32-27-24-21-18-15-12-9-6-3)48-53(58)55-51(49-56)52(57)46-43-40-37-34-31-29-26-23-20-17-14-11-8-5-2/h9,12,15,18,21,24,27-28,30,32,50-52,56-57H,4-8,10-11,13-14,16-17,19-20,22-23,25-26,29,31,33-49H2,1-3H3,(H,55,58)/b12-9+,18-15+,24-21-,30-28+,32-27-. The number of hydrogen-bond acceptors (Lipinski definition) is 5. The summed E-state index contributed by atoms with van der Waals surface area (Å²) in [4.78, 5) is 26.1. The normalized spacial score (nSPS) is 13.8. The molecular formula is C54H97NO5. The fourth-order valence-electron chi connectivity index (χ4n) is 7.55. The van der Waals surface area contributed by atoms with Crippen molar-refractivity contribution in [2.24, 2.45) is 0 Å². The molecule has 0 spiro atoms. The zero-order chi connectivity index (χ0) is 43.8. The smallest absolute Gasteiger partial charge is 0.306 e. The molecule has 348 valence electrons. The maximum absolute atomic E-state index is 13.2. The van der Waals surface area contributed by atoms with E-state index in [1.54, 1.807) is 0 Å². The van der Waals surface area contributed by atoms with Crippen LogP contribution in [0.3, 0.4) is 0 Å². The van der Waals surface area contributed by atoms with Crippen molar-refractivity contribution in [1.29, 1.82) is 0 Å². The first-order valence-electron chi connectivity index (χ1n) is 25.6. The van der Waals surface area contributed by atoms with Gasteiger partial charge >= 0.3 is 5.97 Å². The first-order valence-corrected chi connectivity index (χ1v) is 25.6. The maximum atomic E-state index is 13.2. The Morgan fingerprint density at radius 2 is 0.917 bits per heavy atom. The van der Waals surface area contributed by atoms with Crippen LogP contribution >= 0.6 is 0 Å². The second kappa shape index (κ2) is 47.6. The third-order valence-electron chi connectivity index (χ3n) is 11.4. The molecule has 0 fully saturated rings. The summed E-state index contributed by atoms with van der Waals surface area (Å²) in [6, 6.07) is -0.715. The Bertz CT molecular complexity index is 1080. The minimum Gasteiger partial charge on any atom is -0.462 e. The number of aliphatic hydroxyl groups excluding tert-OH is 2. The molecule has 3 N–H and O–H groups in total. The van der Waals surface area contributed by atoms with Gasteiger partial charge in [0.05, 0.1) is 25.2 Å². The van der Waals surface area contributed by atoms with Crippen LogP contribution in [0.4, 0.5) is 0 Å². The number of hydrogen-bond donors (Lipinski definition) is 3. The monoisotopic (exact) mass is 840 g/mol. The van der Waals surface area contributed by atoms with E-state index in [0.717, 1.165) is 83.5 Å². The highest BCUT2D eigenvalue weighted by atomic mass is 16.5. The van der Waals surface area contributed by atoms with Crippen LogP contribution in [0.25, 0.3) is 0 Å². The lowest BCUT2D eigenvalue weighted by Gasteiger charge is -2.24. The third-order valence-corrected chi connectivity index (χ3v) is 11.4. The molecule has 0 aromatic carbocycles. The molecule has 0 aromatic heterocycles. The fraction of sp³-hybridized carbons (Fsp3) is 0.778. The van der Waals surface area contributed by atoms with Gasteiger partial charge in [0, 0.05) is 6.42 Å². The van der Waals surface area contributed by atoms with Crippen LogP contribution < -0.4 is 5.32 Å². The molecule has 0 rings (SSSR count). The van der Waals surface area contributed by atoms with Crippen molar-refractivity contribution >= 4 is 11.9 Å². The van der Waals surface area contributed by atoms with Gasteiger partial charge in [0.2, 0.25) is 5.91 Å². The number of aliphatic hydroxyl groups is 2. The summed E-state index contributed by atoms with van der Waals surface area (Å²) < 4.78 is 5.90. The molecule has 6 nitrogen and oxygen atoms in total. The van der Waals surface area contributed by atoms with E-state index in [0.29, 0.717) is 19.3 Å². The molecular weight excluding hydrogens is 743 g/mol. The summed E-state index contributed by atoms with van der Waals surface area (Å²) in [5.74, 6) is -0.533. The van der Waals surface area contributed by atoms with Crippen molar-refractivity contribution in [3.05, 3.63) is 60.8 Å². The molecule has 6 heteroatoms. The molecule has 0 saturated heterocycles. The first-order chi connectivity index (χ1) is 29.5. The summed E-state index contributed by atoms with van der Waals surface area (Å²) in [5.41, 5.74) is 0. The second-order valence-corrected chi connectivity index (χ2v) is 17.3. The number of allylic oxidation sites excluding steroid dienone is 10. The van der Waals surface area contributed by atoms with Crippen molar-refractivity contribution in [2.75, 3.05) is 6.61 Å². The highest BCUT2D eigenvalue weighted by molar-refractivity contribution is 5.77. The van der Waals surface area contributed by atoms with Crippen molar-refractivity contribution in [1.82, 2.24) is 5.32 Å². The molecule has 0 saturated carbocycles. The Morgan fingerprint density at radius 3 is 1.43 bits per heavy atom. The maximum Gasteiger partial charge on any atom is 0.306 e. The van der Waals surface area contributed by atoms with Crippen LogP contribution in [0, 0.1) is 0 Å². The van der Waals surface area contributed by atoms with E-state index in [4.69, 9.17) is 4.74 Å². The van der Waals surface area contributed by atoms with Gasteiger partial charge in [0.1, 0.15) is 6.10 Å². The van der Waals surface area contributed by atoms with Gasteiger partial charge in [-0.1, -0.05) is 223 Å². The molecule has 3 atom stereocenters. The van der Waals surface area contributed by atoms with Crippen molar-refractivity contribution in [2.45, 2.75) is 264 Å². The summed E-state index contributed by atoms with van der Waals surface area (Å²) in [6.07, 6.45) is 58.5. The zero-order valence-corrected chi connectivity index (χ0v) is 39.6. The average molecular weight is 840 g/mol. The largest absolute Gasteiger partial charge is 0.462 e. The molecule has 0 bridgehead atoms. The van der Waals surface area contributed by atoms with Gasteiger partial charge in [-0.2, -0.15) is 0 Å². The van der Waals surface area contributed by atoms with Crippen LogP contribution in [0.1, 0.15) is 245 Å². The second-order valence-electron chi connectivity index (χ2n) is 17.3. The number of esters is 1. The third kappa shape index (κ3) is 42.3. The summed E-state index contributed by atoms with van der Waals surface area (Å²) >= 11 is 0. The van der Waals surface area contributed by atoms with Crippen LogP contribution in [0.15, 0.2) is 60.8 Å².